The highest BCUT2D eigenvalue weighted by molar-refractivity contribution is 6.32. The molecule has 1 aliphatic heterocycles. The van der Waals surface area contributed by atoms with Gasteiger partial charge in [-0.25, -0.2) is 0 Å². The Labute approximate surface area is 188 Å². The Morgan fingerprint density at radius 1 is 1.06 bits per heavy atom. The van der Waals surface area contributed by atoms with Crippen molar-refractivity contribution in [1.29, 1.82) is 0 Å². The molecule has 4 rings (SSSR count). The number of para-hydroxylation sites is 1. The Balaban J connectivity index is 1.55. The lowest BCUT2D eigenvalue weighted by Gasteiger charge is -2.26. The summed E-state index contributed by atoms with van der Waals surface area (Å²) in [5.41, 5.74) is 4.40. The third-order valence-electron chi connectivity index (χ3n) is 5.70. The maximum atomic E-state index is 13.0. The number of benzene rings is 2. The summed E-state index contributed by atoms with van der Waals surface area (Å²) in [6, 6.07) is 19.8. The quantitative estimate of drug-likeness (QED) is 0.551. The van der Waals surface area contributed by atoms with Crippen molar-refractivity contribution in [3.05, 3.63) is 76.9 Å². The summed E-state index contributed by atoms with van der Waals surface area (Å²) < 4.78 is 7.46. The minimum Gasteiger partial charge on any atom is -0.379 e. The molecule has 162 valence electrons. The monoisotopic (exact) mass is 437 g/mol. The molecular formula is C25H28ClN3O2. The predicted octanol–water partition coefficient (Wildman–Crippen LogP) is 4.56. The predicted molar refractivity (Wildman–Crippen MR) is 125 cm³/mol. The van der Waals surface area contributed by atoms with Gasteiger partial charge >= 0.3 is 0 Å². The molecule has 0 aliphatic carbocycles. The number of rotatable bonds is 7. The SMILES string of the molecule is Cc1c(C(=O)NCCCN2CCOCC2)cc(-c2ccccc2)n1-c1ccccc1Cl. The van der Waals surface area contributed by atoms with Crippen molar-refractivity contribution < 1.29 is 9.53 Å². The van der Waals surface area contributed by atoms with Crippen LogP contribution in [0.1, 0.15) is 22.5 Å². The second kappa shape index (κ2) is 10.1. The number of hydrogen-bond donors (Lipinski definition) is 1. The molecule has 0 spiro atoms. The van der Waals surface area contributed by atoms with Crippen LogP contribution in [0, 0.1) is 6.92 Å². The highest BCUT2D eigenvalue weighted by atomic mass is 35.5. The highest BCUT2D eigenvalue weighted by Crippen LogP contribution is 2.32. The molecule has 1 fully saturated rings. The molecule has 1 aromatic heterocycles. The molecule has 1 amide bonds. The smallest absolute Gasteiger partial charge is 0.253 e. The summed E-state index contributed by atoms with van der Waals surface area (Å²) in [4.78, 5) is 15.4. The molecule has 1 aliphatic rings. The molecule has 0 saturated carbocycles. The van der Waals surface area contributed by atoms with E-state index in [0.29, 0.717) is 17.1 Å². The normalized spacial score (nSPS) is 14.5. The maximum Gasteiger partial charge on any atom is 0.253 e. The van der Waals surface area contributed by atoms with Gasteiger partial charge in [0.15, 0.2) is 0 Å². The Morgan fingerprint density at radius 2 is 1.77 bits per heavy atom. The van der Waals surface area contributed by atoms with E-state index in [9.17, 15) is 4.79 Å². The second-order valence-corrected chi connectivity index (χ2v) is 8.15. The molecule has 2 aromatic carbocycles. The van der Waals surface area contributed by atoms with Gasteiger partial charge in [-0.2, -0.15) is 0 Å². The number of amides is 1. The van der Waals surface area contributed by atoms with Gasteiger partial charge in [0, 0.05) is 25.3 Å². The van der Waals surface area contributed by atoms with Crippen LogP contribution in [0.5, 0.6) is 0 Å². The molecule has 1 N–H and O–H groups in total. The van der Waals surface area contributed by atoms with Gasteiger partial charge in [0.1, 0.15) is 0 Å². The lowest BCUT2D eigenvalue weighted by Crippen LogP contribution is -2.38. The lowest BCUT2D eigenvalue weighted by molar-refractivity contribution is 0.0374. The first-order valence-corrected chi connectivity index (χ1v) is 11.1. The zero-order chi connectivity index (χ0) is 21.6. The molecule has 0 atom stereocenters. The number of morpholine rings is 1. The minimum atomic E-state index is -0.0533. The van der Waals surface area contributed by atoms with E-state index >= 15 is 0 Å². The van der Waals surface area contributed by atoms with Crippen molar-refractivity contribution in [2.75, 3.05) is 39.4 Å². The molecule has 5 nitrogen and oxygen atoms in total. The van der Waals surface area contributed by atoms with Crippen LogP contribution in [0.25, 0.3) is 16.9 Å². The van der Waals surface area contributed by atoms with Gasteiger partial charge in [-0.1, -0.05) is 54.1 Å². The van der Waals surface area contributed by atoms with Crippen molar-refractivity contribution in [3.8, 4) is 16.9 Å². The molecule has 2 heterocycles. The summed E-state index contributed by atoms with van der Waals surface area (Å²) in [5, 5.41) is 3.74. The number of carbonyl (C=O) groups excluding carboxylic acids is 1. The fourth-order valence-electron chi connectivity index (χ4n) is 4.03. The van der Waals surface area contributed by atoms with Gasteiger partial charge in [0.2, 0.25) is 0 Å². The zero-order valence-corrected chi connectivity index (χ0v) is 18.6. The third kappa shape index (κ3) is 5.01. The van der Waals surface area contributed by atoms with Crippen LogP contribution >= 0.6 is 11.6 Å². The van der Waals surface area contributed by atoms with E-state index in [0.717, 1.165) is 61.9 Å². The first kappa shape index (κ1) is 21.6. The van der Waals surface area contributed by atoms with Crippen LogP contribution in [0.15, 0.2) is 60.7 Å². The number of halogens is 1. The highest BCUT2D eigenvalue weighted by Gasteiger charge is 2.20. The lowest BCUT2D eigenvalue weighted by atomic mass is 10.1. The number of nitrogens with one attached hydrogen (secondary N) is 1. The Hall–Kier alpha value is -2.60. The van der Waals surface area contributed by atoms with Crippen LogP contribution < -0.4 is 5.32 Å². The molecular weight excluding hydrogens is 410 g/mol. The largest absolute Gasteiger partial charge is 0.379 e. The molecule has 0 unspecified atom stereocenters. The van der Waals surface area contributed by atoms with Crippen LogP contribution in [-0.2, 0) is 4.74 Å². The molecule has 3 aromatic rings. The molecule has 1 saturated heterocycles. The van der Waals surface area contributed by atoms with Crippen molar-refractivity contribution in [2.24, 2.45) is 0 Å². The van der Waals surface area contributed by atoms with Gasteiger partial charge in [0.05, 0.1) is 35.2 Å². The summed E-state index contributed by atoms with van der Waals surface area (Å²) in [7, 11) is 0. The van der Waals surface area contributed by atoms with E-state index in [4.69, 9.17) is 16.3 Å². The summed E-state index contributed by atoms with van der Waals surface area (Å²) in [6.07, 6.45) is 0.918. The topological polar surface area (TPSA) is 46.5 Å². The van der Waals surface area contributed by atoms with E-state index in [2.05, 4.69) is 14.8 Å². The van der Waals surface area contributed by atoms with Crippen molar-refractivity contribution in [3.63, 3.8) is 0 Å². The standard InChI is InChI=1S/C25H28ClN3O2/c1-19-21(25(30)27-12-7-13-28-14-16-31-17-15-28)18-24(20-8-3-2-4-9-20)29(19)23-11-6-5-10-22(23)26/h2-6,8-11,18H,7,12-17H2,1H3,(H,27,30). The van der Waals surface area contributed by atoms with Crippen molar-refractivity contribution in [1.82, 2.24) is 14.8 Å². The summed E-state index contributed by atoms with van der Waals surface area (Å²) in [5.74, 6) is -0.0533. The molecule has 0 radical (unpaired) electrons. The van der Waals surface area contributed by atoms with Crippen LogP contribution in [0.3, 0.4) is 0 Å². The van der Waals surface area contributed by atoms with Gasteiger partial charge in [-0.05, 0) is 43.7 Å². The third-order valence-corrected chi connectivity index (χ3v) is 6.01. The Kier molecular flexibility index (Phi) is 7.07. The van der Waals surface area contributed by atoms with E-state index < -0.39 is 0 Å². The average molecular weight is 438 g/mol. The number of ether oxygens (including phenoxy) is 1. The Bertz CT molecular complexity index is 1030. The zero-order valence-electron chi connectivity index (χ0n) is 17.8. The average Bonchev–Trinajstić information content (AvgIpc) is 3.15. The van der Waals surface area contributed by atoms with E-state index in [1.54, 1.807) is 0 Å². The maximum absolute atomic E-state index is 13.0. The van der Waals surface area contributed by atoms with Gasteiger partial charge < -0.3 is 14.6 Å². The number of hydrogen-bond acceptors (Lipinski definition) is 3. The summed E-state index contributed by atoms with van der Waals surface area (Å²) in [6.45, 7) is 7.11. The van der Waals surface area contributed by atoms with E-state index in [-0.39, 0.29) is 5.91 Å². The van der Waals surface area contributed by atoms with Crippen LogP contribution in [0.4, 0.5) is 0 Å². The molecule has 6 heteroatoms. The fraction of sp³-hybridized carbons (Fsp3) is 0.320. The summed E-state index contributed by atoms with van der Waals surface area (Å²) >= 11 is 6.52. The second-order valence-electron chi connectivity index (χ2n) is 7.74. The van der Waals surface area contributed by atoms with Gasteiger partial charge in [-0.15, -0.1) is 0 Å². The molecule has 31 heavy (non-hydrogen) atoms. The number of carbonyl (C=O) groups is 1. The Morgan fingerprint density at radius 3 is 2.52 bits per heavy atom. The van der Waals surface area contributed by atoms with Crippen LogP contribution in [-0.4, -0.2) is 54.8 Å². The number of nitrogens with zero attached hydrogens (tertiary/aromatic N) is 2. The minimum absolute atomic E-state index is 0.0533. The van der Waals surface area contributed by atoms with Crippen LogP contribution in [0.2, 0.25) is 5.02 Å². The van der Waals surface area contributed by atoms with Gasteiger partial charge in [-0.3, -0.25) is 9.69 Å². The van der Waals surface area contributed by atoms with E-state index in [1.165, 1.54) is 0 Å². The first-order valence-electron chi connectivity index (χ1n) is 10.8. The van der Waals surface area contributed by atoms with Crippen molar-refractivity contribution in [2.45, 2.75) is 13.3 Å². The van der Waals surface area contributed by atoms with Gasteiger partial charge in [0.25, 0.3) is 5.91 Å². The van der Waals surface area contributed by atoms with E-state index in [1.807, 2.05) is 67.6 Å². The molecule has 0 bridgehead atoms. The number of aromatic nitrogens is 1. The van der Waals surface area contributed by atoms with Crippen molar-refractivity contribution >= 4 is 17.5 Å². The first-order chi connectivity index (χ1) is 15.1. The fourth-order valence-corrected chi connectivity index (χ4v) is 4.25.